The fourth-order valence-electron chi connectivity index (χ4n) is 4.70. The Hall–Kier alpha value is -2.40. The maximum absolute atomic E-state index is 6.24. The Morgan fingerprint density at radius 3 is 2.58 bits per heavy atom. The molecule has 0 bridgehead atoms. The monoisotopic (exact) mass is 421 g/mol. The van der Waals surface area contributed by atoms with Crippen molar-refractivity contribution in [1.82, 2.24) is 14.9 Å². The Morgan fingerprint density at radius 2 is 1.77 bits per heavy atom. The Balaban J connectivity index is 1.28. The van der Waals surface area contributed by atoms with Gasteiger partial charge in [-0.3, -0.25) is 9.88 Å². The van der Waals surface area contributed by atoms with E-state index in [4.69, 9.17) is 9.47 Å². The number of piperidine rings is 1. The molecule has 4 rings (SSSR count). The van der Waals surface area contributed by atoms with Crippen LogP contribution in [0.2, 0.25) is 0 Å². The van der Waals surface area contributed by atoms with E-state index in [9.17, 15) is 0 Å². The van der Waals surface area contributed by atoms with Gasteiger partial charge < -0.3 is 9.47 Å². The van der Waals surface area contributed by atoms with Gasteiger partial charge in [-0.2, -0.15) is 0 Å². The third kappa shape index (κ3) is 6.30. The van der Waals surface area contributed by atoms with E-state index in [2.05, 4.69) is 51.3 Å². The first-order chi connectivity index (χ1) is 15.3. The van der Waals surface area contributed by atoms with E-state index >= 15 is 0 Å². The van der Waals surface area contributed by atoms with Crippen molar-refractivity contribution in [1.29, 1.82) is 0 Å². The minimum absolute atomic E-state index is 0.603. The number of para-hydroxylation sites is 1. The predicted octanol–water partition coefficient (Wildman–Crippen LogP) is 5.37. The quantitative estimate of drug-likeness (QED) is 0.573. The summed E-state index contributed by atoms with van der Waals surface area (Å²) >= 11 is 0. The fraction of sp³-hybridized carbons (Fsp3) is 0.538. The minimum Gasteiger partial charge on any atom is -0.493 e. The van der Waals surface area contributed by atoms with Gasteiger partial charge in [0, 0.05) is 24.5 Å². The summed E-state index contributed by atoms with van der Waals surface area (Å²) in [6.07, 6.45) is 17.1. The second-order valence-corrected chi connectivity index (χ2v) is 8.84. The molecule has 1 aliphatic carbocycles. The summed E-state index contributed by atoms with van der Waals surface area (Å²) in [7, 11) is 1.65. The number of methoxy groups -OCH3 is 1. The zero-order valence-corrected chi connectivity index (χ0v) is 18.7. The molecule has 2 aromatic rings. The van der Waals surface area contributed by atoms with Crippen LogP contribution in [0.4, 0.5) is 0 Å². The Bertz CT molecular complexity index is 840. The molecule has 0 amide bonds. The van der Waals surface area contributed by atoms with Gasteiger partial charge in [0.1, 0.15) is 11.4 Å². The van der Waals surface area contributed by atoms with Crippen LogP contribution in [0.1, 0.15) is 56.2 Å². The standard InChI is InChI=1S/C26H35N3O2/c1-30-26-24(27-15-16-28-26)19-29-17-13-21(14-18-29)11-12-23-9-5-6-10-25(23)31-20-22-7-3-2-4-8-22/h5-6,9-12,15-16,21-22H,2-4,7-8,13-14,17-20H2,1H3. The van der Waals surface area contributed by atoms with E-state index in [1.165, 1.54) is 37.7 Å². The zero-order valence-electron chi connectivity index (χ0n) is 18.7. The molecule has 2 heterocycles. The largest absolute Gasteiger partial charge is 0.493 e. The van der Waals surface area contributed by atoms with E-state index in [0.29, 0.717) is 11.8 Å². The molecule has 0 spiro atoms. The summed E-state index contributed by atoms with van der Waals surface area (Å²) in [5, 5.41) is 0. The van der Waals surface area contributed by atoms with Crippen LogP contribution in [0.25, 0.3) is 6.08 Å². The van der Waals surface area contributed by atoms with Crippen LogP contribution < -0.4 is 9.47 Å². The second-order valence-electron chi connectivity index (χ2n) is 8.84. The number of nitrogens with zero attached hydrogens (tertiary/aromatic N) is 3. The lowest BCUT2D eigenvalue weighted by Gasteiger charge is -2.30. The molecule has 5 heteroatoms. The van der Waals surface area contributed by atoms with E-state index < -0.39 is 0 Å². The first kappa shape index (κ1) is 21.8. The molecule has 1 aliphatic heterocycles. The first-order valence-corrected chi connectivity index (χ1v) is 11.8. The van der Waals surface area contributed by atoms with Crippen LogP contribution in [-0.2, 0) is 6.54 Å². The number of aromatic nitrogens is 2. The summed E-state index contributed by atoms with van der Waals surface area (Å²) in [6, 6.07) is 8.46. The molecule has 166 valence electrons. The SMILES string of the molecule is COc1nccnc1CN1CCC(C=Cc2ccccc2OCC2CCCCC2)CC1. The van der Waals surface area contributed by atoms with Crippen molar-refractivity contribution in [2.24, 2.45) is 11.8 Å². The number of allylic oxidation sites excluding steroid dienone is 1. The molecular formula is C26H35N3O2. The molecule has 1 aromatic heterocycles. The zero-order chi connectivity index (χ0) is 21.3. The Labute approximate surface area is 186 Å². The van der Waals surface area contributed by atoms with Crippen LogP contribution in [0.3, 0.4) is 0 Å². The molecular weight excluding hydrogens is 386 g/mol. The fourth-order valence-corrected chi connectivity index (χ4v) is 4.70. The van der Waals surface area contributed by atoms with Gasteiger partial charge in [0.25, 0.3) is 0 Å². The maximum Gasteiger partial charge on any atom is 0.236 e. The molecule has 31 heavy (non-hydrogen) atoms. The van der Waals surface area contributed by atoms with Crippen LogP contribution >= 0.6 is 0 Å². The van der Waals surface area contributed by atoms with Crippen molar-refractivity contribution in [3.05, 3.63) is 54.0 Å². The van der Waals surface area contributed by atoms with Crippen molar-refractivity contribution in [2.75, 3.05) is 26.8 Å². The molecule has 1 saturated carbocycles. The average molecular weight is 422 g/mol. The predicted molar refractivity (Wildman–Crippen MR) is 124 cm³/mol. The molecule has 0 unspecified atom stereocenters. The lowest BCUT2D eigenvalue weighted by atomic mass is 9.90. The van der Waals surface area contributed by atoms with Gasteiger partial charge in [0.05, 0.1) is 13.7 Å². The summed E-state index contributed by atoms with van der Waals surface area (Å²) < 4.78 is 11.6. The molecule has 1 saturated heterocycles. The van der Waals surface area contributed by atoms with Crippen molar-refractivity contribution >= 4 is 6.08 Å². The number of rotatable bonds is 8. The number of likely N-dealkylation sites (tertiary alicyclic amines) is 1. The van der Waals surface area contributed by atoms with Gasteiger partial charge >= 0.3 is 0 Å². The van der Waals surface area contributed by atoms with Crippen LogP contribution in [0.5, 0.6) is 11.6 Å². The molecule has 1 aromatic carbocycles. The molecule has 0 N–H and O–H groups in total. The third-order valence-electron chi connectivity index (χ3n) is 6.60. The molecule has 2 fully saturated rings. The number of benzene rings is 1. The van der Waals surface area contributed by atoms with Gasteiger partial charge in [-0.05, 0) is 56.7 Å². The normalized spacial score (nSPS) is 19.0. The lowest BCUT2D eigenvalue weighted by molar-refractivity contribution is 0.191. The van der Waals surface area contributed by atoms with E-state index in [1.54, 1.807) is 19.5 Å². The Kier molecular flexibility index (Phi) is 7.94. The highest BCUT2D eigenvalue weighted by molar-refractivity contribution is 5.57. The number of hydrogen-bond acceptors (Lipinski definition) is 5. The van der Waals surface area contributed by atoms with E-state index in [1.807, 2.05) is 0 Å². The first-order valence-electron chi connectivity index (χ1n) is 11.8. The Morgan fingerprint density at radius 1 is 1.00 bits per heavy atom. The van der Waals surface area contributed by atoms with Crippen LogP contribution in [0, 0.1) is 11.8 Å². The molecule has 0 atom stereocenters. The topological polar surface area (TPSA) is 47.5 Å². The number of hydrogen-bond donors (Lipinski definition) is 0. The highest BCUT2D eigenvalue weighted by Crippen LogP contribution is 2.28. The summed E-state index contributed by atoms with van der Waals surface area (Å²) in [5.41, 5.74) is 2.12. The molecule has 5 nitrogen and oxygen atoms in total. The van der Waals surface area contributed by atoms with Crippen molar-refractivity contribution < 1.29 is 9.47 Å². The second kappa shape index (κ2) is 11.3. The average Bonchev–Trinajstić information content (AvgIpc) is 2.84. The minimum atomic E-state index is 0.603. The van der Waals surface area contributed by atoms with Crippen molar-refractivity contribution in [3.63, 3.8) is 0 Å². The highest BCUT2D eigenvalue weighted by Gasteiger charge is 2.20. The molecule has 0 radical (unpaired) electrons. The summed E-state index contributed by atoms with van der Waals surface area (Å²) in [6.45, 7) is 3.78. The summed E-state index contributed by atoms with van der Waals surface area (Å²) in [5.74, 6) is 2.99. The van der Waals surface area contributed by atoms with Crippen LogP contribution in [-0.4, -0.2) is 41.7 Å². The van der Waals surface area contributed by atoms with E-state index in [-0.39, 0.29) is 0 Å². The summed E-state index contributed by atoms with van der Waals surface area (Å²) in [4.78, 5) is 11.1. The van der Waals surface area contributed by atoms with Crippen molar-refractivity contribution in [2.45, 2.75) is 51.5 Å². The van der Waals surface area contributed by atoms with Crippen LogP contribution in [0.15, 0.2) is 42.7 Å². The van der Waals surface area contributed by atoms with Gasteiger partial charge in [0.2, 0.25) is 5.88 Å². The van der Waals surface area contributed by atoms with Gasteiger partial charge in [-0.1, -0.05) is 49.6 Å². The number of ether oxygens (including phenoxy) is 2. The van der Waals surface area contributed by atoms with Crippen molar-refractivity contribution in [3.8, 4) is 11.6 Å². The lowest BCUT2D eigenvalue weighted by Crippen LogP contribution is -2.33. The van der Waals surface area contributed by atoms with Gasteiger partial charge in [0.15, 0.2) is 0 Å². The van der Waals surface area contributed by atoms with E-state index in [0.717, 1.165) is 56.4 Å². The third-order valence-corrected chi connectivity index (χ3v) is 6.60. The smallest absolute Gasteiger partial charge is 0.236 e. The molecule has 2 aliphatic rings. The van der Waals surface area contributed by atoms with Gasteiger partial charge in [-0.25, -0.2) is 4.98 Å². The van der Waals surface area contributed by atoms with Gasteiger partial charge in [-0.15, -0.1) is 0 Å². The highest BCUT2D eigenvalue weighted by atomic mass is 16.5. The maximum atomic E-state index is 6.24.